The molecular formula is C12H19Br2NO2S2. The van der Waals surface area contributed by atoms with Crippen molar-refractivity contribution in [1.82, 2.24) is 4.72 Å². The molecule has 0 atom stereocenters. The first-order valence-corrected chi connectivity index (χ1v) is 10.3. The number of nitrogens with one attached hydrogen (secondary N) is 1. The van der Waals surface area contributed by atoms with Crippen LogP contribution in [0.3, 0.4) is 0 Å². The van der Waals surface area contributed by atoms with E-state index < -0.39 is 10.0 Å². The Labute approximate surface area is 136 Å². The predicted octanol–water partition coefficient (Wildman–Crippen LogP) is 4.30. The topological polar surface area (TPSA) is 46.2 Å². The highest BCUT2D eigenvalue weighted by molar-refractivity contribution is 9.11. The normalized spacial score (nSPS) is 12.9. The van der Waals surface area contributed by atoms with Gasteiger partial charge in [0, 0.05) is 11.9 Å². The Bertz CT molecular complexity index is 494. The average Bonchev–Trinajstić information content (AvgIpc) is 2.73. The Morgan fingerprint density at radius 1 is 1.37 bits per heavy atom. The largest absolute Gasteiger partial charge is 0.250 e. The first kappa shape index (κ1) is 17.6. The Morgan fingerprint density at radius 2 is 1.95 bits per heavy atom. The number of aryl methyl sites for hydroxylation is 1. The zero-order valence-corrected chi connectivity index (χ0v) is 16.1. The van der Waals surface area contributed by atoms with Crippen LogP contribution in [0.4, 0.5) is 0 Å². The highest BCUT2D eigenvalue weighted by Gasteiger charge is 2.28. The molecule has 0 aliphatic heterocycles. The molecule has 1 aromatic heterocycles. The fraction of sp³-hybridized carbons (Fsp3) is 0.667. The minimum absolute atomic E-state index is 0.0173. The van der Waals surface area contributed by atoms with E-state index in [1.807, 2.05) is 6.92 Å². The molecule has 1 aromatic rings. The van der Waals surface area contributed by atoms with Crippen LogP contribution >= 0.6 is 43.2 Å². The third-order valence-corrected chi connectivity index (χ3v) is 8.72. The van der Waals surface area contributed by atoms with Crippen LogP contribution in [0.25, 0.3) is 0 Å². The first-order chi connectivity index (χ1) is 8.80. The van der Waals surface area contributed by atoms with Gasteiger partial charge in [-0.05, 0) is 52.7 Å². The van der Waals surface area contributed by atoms with Gasteiger partial charge in [-0.3, -0.25) is 0 Å². The molecule has 0 aliphatic carbocycles. The van der Waals surface area contributed by atoms with Crippen molar-refractivity contribution in [2.24, 2.45) is 5.41 Å². The summed E-state index contributed by atoms with van der Waals surface area (Å²) in [4.78, 5) is 0. The van der Waals surface area contributed by atoms with E-state index in [9.17, 15) is 8.42 Å². The first-order valence-electron chi connectivity index (χ1n) is 6.12. The maximum Gasteiger partial charge on any atom is 0.250 e. The fourth-order valence-corrected chi connectivity index (χ4v) is 6.04. The van der Waals surface area contributed by atoms with Gasteiger partial charge >= 0.3 is 0 Å². The molecule has 0 spiro atoms. The molecule has 0 amide bonds. The summed E-state index contributed by atoms with van der Waals surface area (Å²) in [5.74, 6) is 0. The lowest BCUT2D eigenvalue weighted by Crippen LogP contribution is -2.37. The molecule has 1 N–H and O–H groups in total. The van der Waals surface area contributed by atoms with Gasteiger partial charge in [0.1, 0.15) is 4.21 Å². The molecule has 0 saturated carbocycles. The molecule has 3 nitrogen and oxygen atoms in total. The molecule has 0 aromatic carbocycles. The second kappa shape index (κ2) is 7.02. The Balaban J connectivity index is 2.86. The van der Waals surface area contributed by atoms with E-state index in [0.717, 1.165) is 27.5 Å². The van der Waals surface area contributed by atoms with E-state index in [-0.39, 0.29) is 5.41 Å². The molecule has 0 saturated heterocycles. The zero-order chi connectivity index (χ0) is 14.7. The SMILES string of the molecule is CCC(CC)(CBr)CNS(=O)(=O)c1cc(C)c(Br)s1. The number of hydrogen-bond donors (Lipinski definition) is 1. The predicted molar refractivity (Wildman–Crippen MR) is 88.8 cm³/mol. The number of thiophene rings is 1. The van der Waals surface area contributed by atoms with Crippen LogP contribution in [0.2, 0.25) is 0 Å². The van der Waals surface area contributed by atoms with Gasteiger partial charge in [0.15, 0.2) is 0 Å². The standard InChI is InChI=1S/C12H19Br2NO2S2/c1-4-12(5-2,7-13)8-15-19(16,17)10-6-9(3)11(14)18-10/h6,15H,4-5,7-8H2,1-3H3. The molecule has 7 heteroatoms. The fourth-order valence-electron chi connectivity index (χ4n) is 1.62. The average molecular weight is 433 g/mol. The highest BCUT2D eigenvalue weighted by Crippen LogP contribution is 2.32. The van der Waals surface area contributed by atoms with Crippen LogP contribution in [-0.4, -0.2) is 20.3 Å². The number of rotatable bonds is 7. The van der Waals surface area contributed by atoms with Crippen LogP contribution in [0.1, 0.15) is 32.3 Å². The lowest BCUT2D eigenvalue weighted by Gasteiger charge is -2.29. The summed E-state index contributed by atoms with van der Waals surface area (Å²) in [5.41, 5.74) is 0.930. The lowest BCUT2D eigenvalue weighted by atomic mass is 9.85. The molecule has 0 aliphatic rings. The van der Waals surface area contributed by atoms with Crippen molar-refractivity contribution in [3.05, 3.63) is 15.4 Å². The van der Waals surface area contributed by atoms with Crippen LogP contribution in [0.5, 0.6) is 0 Å². The zero-order valence-electron chi connectivity index (χ0n) is 11.3. The molecule has 0 fully saturated rings. The van der Waals surface area contributed by atoms with Gasteiger partial charge < -0.3 is 0 Å². The molecular weight excluding hydrogens is 414 g/mol. The van der Waals surface area contributed by atoms with Crippen LogP contribution in [-0.2, 0) is 10.0 Å². The van der Waals surface area contributed by atoms with E-state index >= 15 is 0 Å². The number of sulfonamides is 1. The van der Waals surface area contributed by atoms with Crippen molar-refractivity contribution in [2.45, 2.75) is 37.8 Å². The second-order valence-corrected chi connectivity index (χ2v) is 9.61. The van der Waals surface area contributed by atoms with Gasteiger partial charge in [-0.25, -0.2) is 13.1 Å². The van der Waals surface area contributed by atoms with E-state index in [0.29, 0.717) is 10.8 Å². The lowest BCUT2D eigenvalue weighted by molar-refractivity contribution is 0.310. The third-order valence-electron chi connectivity index (χ3n) is 3.52. The summed E-state index contributed by atoms with van der Waals surface area (Å²) in [5, 5.41) is 0.794. The molecule has 19 heavy (non-hydrogen) atoms. The molecule has 110 valence electrons. The van der Waals surface area contributed by atoms with Crippen molar-refractivity contribution in [2.75, 3.05) is 11.9 Å². The summed E-state index contributed by atoms with van der Waals surface area (Å²) >= 11 is 8.10. The summed E-state index contributed by atoms with van der Waals surface area (Å²) in [6, 6.07) is 1.70. The summed E-state index contributed by atoms with van der Waals surface area (Å²) in [7, 11) is -3.41. The molecule has 0 unspecified atom stereocenters. The minimum Gasteiger partial charge on any atom is -0.210 e. The third kappa shape index (κ3) is 4.27. The molecule has 1 heterocycles. The second-order valence-electron chi connectivity index (χ2n) is 4.69. The van der Waals surface area contributed by atoms with Gasteiger partial charge in [0.25, 0.3) is 0 Å². The summed E-state index contributed by atoms with van der Waals surface area (Å²) < 4.78 is 28.5. The quantitative estimate of drug-likeness (QED) is 0.652. The number of hydrogen-bond acceptors (Lipinski definition) is 3. The van der Waals surface area contributed by atoms with Crippen LogP contribution in [0, 0.1) is 12.3 Å². The van der Waals surface area contributed by atoms with E-state index in [2.05, 4.69) is 50.4 Å². The summed E-state index contributed by atoms with van der Waals surface area (Å²) in [6.45, 7) is 6.53. The Morgan fingerprint density at radius 3 is 2.32 bits per heavy atom. The van der Waals surface area contributed by atoms with Gasteiger partial charge in [-0.15, -0.1) is 11.3 Å². The maximum absolute atomic E-state index is 12.3. The number of halogens is 2. The van der Waals surface area contributed by atoms with Crippen molar-refractivity contribution < 1.29 is 8.42 Å². The van der Waals surface area contributed by atoms with Crippen molar-refractivity contribution in [3.63, 3.8) is 0 Å². The highest BCUT2D eigenvalue weighted by atomic mass is 79.9. The molecule has 1 rings (SSSR count). The summed E-state index contributed by atoms with van der Waals surface area (Å²) in [6.07, 6.45) is 1.87. The molecule has 0 bridgehead atoms. The Kier molecular flexibility index (Phi) is 6.51. The van der Waals surface area contributed by atoms with Gasteiger partial charge in [-0.2, -0.15) is 0 Å². The van der Waals surface area contributed by atoms with Gasteiger partial charge in [-0.1, -0.05) is 29.8 Å². The van der Waals surface area contributed by atoms with Crippen LogP contribution < -0.4 is 4.72 Å². The molecule has 0 radical (unpaired) electrons. The smallest absolute Gasteiger partial charge is 0.210 e. The maximum atomic E-state index is 12.3. The van der Waals surface area contributed by atoms with E-state index in [1.54, 1.807) is 6.07 Å². The van der Waals surface area contributed by atoms with Crippen LogP contribution in [0.15, 0.2) is 14.1 Å². The number of alkyl halides is 1. The van der Waals surface area contributed by atoms with E-state index in [4.69, 9.17) is 0 Å². The minimum atomic E-state index is -3.41. The van der Waals surface area contributed by atoms with Crippen molar-refractivity contribution in [3.8, 4) is 0 Å². The van der Waals surface area contributed by atoms with Gasteiger partial charge in [0.05, 0.1) is 3.79 Å². The Hall–Kier alpha value is 0.570. The van der Waals surface area contributed by atoms with Crippen molar-refractivity contribution >= 4 is 53.2 Å². The van der Waals surface area contributed by atoms with Crippen molar-refractivity contribution in [1.29, 1.82) is 0 Å². The van der Waals surface area contributed by atoms with E-state index in [1.165, 1.54) is 11.3 Å². The van der Waals surface area contributed by atoms with Gasteiger partial charge in [0.2, 0.25) is 10.0 Å². The monoisotopic (exact) mass is 431 g/mol.